The lowest BCUT2D eigenvalue weighted by molar-refractivity contribution is -2.00. The highest BCUT2D eigenvalue weighted by Gasteiger charge is 2.25. The van der Waals surface area contributed by atoms with Crippen molar-refractivity contribution in [3.8, 4) is 39.0 Å². The van der Waals surface area contributed by atoms with Crippen molar-refractivity contribution in [2.45, 2.75) is 9.79 Å². The average Bonchev–Trinajstić information content (AvgIpc) is 3.35. The Bertz CT molecular complexity index is 1930. The number of hydrogen-bond donors (Lipinski definition) is 2. The van der Waals surface area contributed by atoms with Crippen molar-refractivity contribution in [1.29, 1.82) is 0 Å². The van der Waals surface area contributed by atoms with E-state index in [4.69, 9.17) is 27.8 Å². The SMILES string of the molecule is COc1ccc(-c2cc(-c3ccc(S(=O)(=O)O)cc3)[o+]c(-c3nc4ccccc4s3)c2)cc1S(=O)(=O)O.[O-][Cl+3]([O-])([O-])[O-]. The summed E-state index contributed by atoms with van der Waals surface area (Å²) in [6, 6.07) is 20.7. The Kier molecular flexibility index (Phi) is 8.95. The molecular formula is C25H18ClNO12S3. The van der Waals surface area contributed by atoms with Crippen molar-refractivity contribution < 1.29 is 64.0 Å². The fourth-order valence-electron chi connectivity index (χ4n) is 3.74. The van der Waals surface area contributed by atoms with Crippen LogP contribution in [0, 0.1) is 10.2 Å². The summed E-state index contributed by atoms with van der Waals surface area (Å²) in [5.41, 5.74) is 2.27. The van der Waals surface area contributed by atoms with E-state index in [1.165, 1.54) is 54.8 Å². The van der Waals surface area contributed by atoms with E-state index in [9.17, 15) is 25.9 Å². The van der Waals surface area contributed by atoms with Crippen LogP contribution in [0.3, 0.4) is 0 Å². The number of hydrogen-bond acceptors (Lipinski definition) is 11. The highest BCUT2D eigenvalue weighted by molar-refractivity contribution is 7.86. The minimum Gasteiger partial charge on any atom is -0.495 e. The lowest BCUT2D eigenvalue weighted by Crippen LogP contribution is -2.68. The third-order valence-electron chi connectivity index (χ3n) is 5.51. The molecule has 0 radical (unpaired) electrons. The summed E-state index contributed by atoms with van der Waals surface area (Å²) < 4.78 is 112. The predicted molar refractivity (Wildman–Crippen MR) is 139 cm³/mol. The largest absolute Gasteiger partial charge is 0.495 e. The van der Waals surface area contributed by atoms with Gasteiger partial charge in [0.1, 0.15) is 10.6 Å². The normalized spacial score (nSPS) is 12.1. The van der Waals surface area contributed by atoms with E-state index in [0.29, 0.717) is 33.2 Å². The topological polar surface area (TPSA) is 234 Å². The quantitative estimate of drug-likeness (QED) is 0.191. The molecule has 0 aliphatic heterocycles. The summed E-state index contributed by atoms with van der Waals surface area (Å²) in [4.78, 5) is 3.97. The molecule has 0 atom stereocenters. The Balaban J connectivity index is 0.000000748. The maximum atomic E-state index is 12.0. The number of ether oxygens (including phenoxy) is 1. The molecule has 0 fully saturated rings. The molecule has 0 aliphatic carbocycles. The monoisotopic (exact) mass is 655 g/mol. The molecule has 0 spiro atoms. The van der Waals surface area contributed by atoms with Crippen LogP contribution in [0.1, 0.15) is 0 Å². The van der Waals surface area contributed by atoms with E-state index < -0.39 is 35.4 Å². The molecule has 2 N–H and O–H groups in total. The predicted octanol–water partition coefficient (Wildman–Crippen LogP) is 0.917. The van der Waals surface area contributed by atoms with Crippen molar-refractivity contribution in [2.75, 3.05) is 7.11 Å². The fourth-order valence-corrected chi connectivity index (χ4v) is 5.82. The lowest BCUT2D eigenvalue weighted by Gasteiger charge is -2.17. The van der Waals surface area contributed by atoms with Crippen LogP contribution in [0.25, 0.3) is 43.4 Å². The van der Waals surface area contributed by atoms with Crippen LogP contribution in [0.4, 0.5) is 0 Å². The smallest absolute Gasteiger partial charge is 0.389 e. The zero-order valence-corrected chi connectivity index (χ0v) is 24.2. The van der Waals surface area contributed by atoms with Crippen molar-refractivity contribution in [3.05, 3.63) is 78.9 Å². The summed E-state index contributed by atoms with van der Waals surface area (Å²) in [7, 11) is -12.6. The number of aromatic nitrogens is 1. The van der Waals surface area contributed by atoms with Gasteiger partial charge >= 0.3 is 11.5 Å². The van der Waals surface area contributed by atoms with Gasteiger partial charge in [-0.05, 0) is 54.1 Å². The molecule has 2 heterocycles. The van der Waals surface area contributed by atoms with Crippen LogP contribution in [-0.2, 0) is 20.2 Å². The molecule has 0 bridgehead atoms. The van der Waals surface area contributed by atoms with Crippen molar-refractivity contribution in [3.63, 3.8) is 0 Å². The molecule has 0 aliphatic rings. The van der Waals surface area contributed by atoms with Gasteiger partial charge in [0, 0.05) is 5.56 Å². The zero-order valence-electron chi connectivity index (χ0n) is 21.0. The second-order valence-corrected chi connectivity index (χ2v) is 12.9. The number of rotatable bonds is 6. The van der Waals surface area contributed by atoms with E-state index in [1.807, 2.05) is 24.3 Å². The van der Waals surface area contributed by atoms with Gasteiger partial charge in [0.2, 0.25) is 5.01 Å². The van der Waals surface area contributed by atoms with Crippen LogP contribution in [0.5, 0.6) is 5.75 Å². The van der Waals surface area contributed by atoms with Gasteiger partial charge in [0.05, 0.1) is 39.9 Å². The lowest BCUT2D eigenvalue weighted by atomic mass is 10.0. The van der Waals surface area contributed by atoms with Gasteiger partial charge in [-0.25, -0.2) is 28.0 Å². The minimum absolute atomic E-state index is 0.0145. The van der Waals surface area contributed by atoms with Crippen LogP contribution < -0.4 is 23.4 Å². The summed E-state index contributed by atoms with van der Waals surface area (Å²) in [5, 5.41) is 0.572. The number of methoxy groups -OCH3 is 1. The molecule has 17 heteroatoms. The van der Waals surface area contributed by atoms with Gasteiger partial charge in [0.15, 0.2) is 0 Å². The minimum atomic E-state index is -4.94. The van der Waals surface area contributed by atoms with Gasteiger partial charge in [-0.15, -0.1) is 21.6 Å². The first-order chi connectivity index (χ1) is 19.5. The van der Waals surface area contributed by atoms with Crippen LogP contribution in [-0.4, -0.2) is 38.0 Å². The highest BCUT2D eigenvalue weighted by atomic mass is 35.7. The Hall–Kier alpha value is -3.55. The molecule has 5 rings (SSSR count). The number of thiazole rings is 1. The van der Waals surface area contributed by atoms with Gasteiger partial charge in [-0.2, -0.15) is 16.8 Å². The number of nitrogens with zero attached hydrogens (tertiary/aromatic N) is 1. The Labute approximate surface area is 244 Å². The maximum Gasteiger partial charge on any atom is 0.389 e. The van der Waals surface area contributed by atoms with Gasteiger partial charge in [-0.3, -0.25) is 9.11 Å². The second kappa shape index (κ2) is 12.0. The first-order valence-corrected chi connectivity index (χ1v) is 16.2. The highest BCUT2D eigenvalue weighted by Crippen LogP contribution is 2.38. The summed E-state index contributed by atoms with van der Waals surface area (Å²) in [5.74, 6) is 0.703. The molecule has 220 valence electrons. The number of para-hydroxylation sites is 1. The van der Waals surface area contributed by atoms with Gasteiger partial charge in [-0.1, -0.05) is 18.2 Å². The second-order valence-electron chi connectivity index (χ2n) is 8.28. The molecule has 0 unspecified atom stereocenters. The molecule has 0 amide bonds. The first kappa shape index (κ1) is 31.4. The molecule has 2 aromatic heterocycles. The van der Waals surface area contributed by atoms with Crippen molar-refractivity contribution in [2.24, 2.45) is 0 Å². The average molecular weight is 656 g/mol. The summed E-state index contributed by atoms with van der Waals surface area (Å²) in [6.07, 6.45) is 0. The van der Waals surface area contributed by atoms with E-state index in [2.05, 4.69) is 4.98 Å². The van der Waals surface area contributed by atoms with Crippen molar-refractivity contribution in [1.82, 2.24) is 4.98 Å². The number of fused-ring (bicyclic) bond motifs is 1. The van der Waals surface area contributed by atoms with E-state index in [-0.39, 0.29) is 10.6 Å². The molecule has 3 aromatic carbocycles. The Morgan fingerprint density at radius 2 is 1.38 bits per heavy atom. The first-order valence-electron chi connectivity index (χ1n) is 11.2. The Morgan fingerprint density at radius 3 is 1.95 bits per heavy atom. The van der Waals surface area contributed by atoms with Crippen LogP contribution >= 0.6 is 11.3 Å². The molecule has 0 saturated heterocycles. The summed E-state index contributed by atoms with van der Waals surface area (Å²) in [6.45, 7) is 0. The summed E-state index contributed by atoms with van der Waals surface area (Å²) >= 11 is 1.40. The van der Waals surface area contributed by atoms with Gasteiger partial charge < -0.3 is 4.74 Å². The third-order valence-corrected chi connectivity index (χ3v) is 8.30. The van der Waals surface area contributed by atoms with E-state index >= 15 is 0 Å². The van der Waals surface area contributed by atoms with Crippen LogP contribution in [0.2, 0.25) is 0 Å². The molecule has 42 heavy (non-hydrogen) atoms. The third kappa shape index (κ3) is 7.84. The van der Waals surface area contributed by atoms with Crippen LogP contribution in [0.15, 0.2) is 93.1 Å². The van der Waals surface area contributed by atoms with E-state index in [1.54, 1.807) is 18.2 Å². The molecule has 0 saturated carbocycles. The fraction of sp³-hybridized carbons (Fsp3) is 0.0400. The van der Waals surface area contributed by atoms with E-state index in [0.717, 1.165) is 10.2 Å². The standard InChI is InChI=1S/C25H17NO8S3.ClHO4/c1-33-20-11-8-16(14-24(20)37(30,31)32)17-12-21(15-6-9-18(10-7-15)36(27,28)29)34-22(13-17)25-26-19-4-2-3-5-23(19)35-25;2-1(3,4)5/h2-14H,1H3,(H-,27,28,29,30,31,32);(H,2,3,4,5). The number of benzene rings is 3. The van der Waals surface area contributed by atoms with Gasteiger partial charge in [0.25, 0.3) is 20.2 Å². The van der Waals surface area contributed by atoms with Crippen molar-refractivity contribution >= 4 is 41.8 Å². The maximum absolute atomic E-state index is 12.0. The molecule has 13 nitrogen and oxygen atoms in total. The molecular weight excluding hydrogens is 638 g/mol. The number of halogens is 1. The molecule has 5 aromatic rings. The zero-order chi connectivity index (χ0) is 30.9. The Morgan fingerprint density at radius 1 is 0.786 bits per heavy atom.